The summed E-state index contributed by atoms with van der Waals surface area (Å²) in [5, 5.41) is 4.09. The summed E-state index contributed by atoms with van der Waals surface area (Å²) >= 11 is 1.61. The zero-order chi connectivity index (χ0) is 24.5. The highest BCUT2D eigenvalue weighted by atomic mass is 32.1. The first kappa shape index (κ1) is 22.1. The highest BCUT2D eigenvalue weighted by Crippen LogP contribution is 2.37. The molecule has 0 saturated carbocycles. The van der Waals surface area contributed by atoms with Gasteiger partial charge in [-0.15, -0.1) is 11.3 Å². The first-order chi connectivity index (χ1) is 17.8. The molecule has 0 N–H and O–H groups in total. The number of fused-ring (bicyclic) bond motifs is 2. The van der Waals surface area contributed by atoms with Crippen molar-refractivity contribution in [2.45, 2.75) is 0 Å². The molecule has 0 aliphatic heterocycles. The van der Waals surface area contributed by atoms with Crippen LogP contribution in [0, 0.1) is 0 Å². The van der Waals surface area contributed by atoms with Crippen molar-refractivity contribution in [3.05, 3.63) is 107 Å². The van der Waals surface area contributed by atoms with Crippen LogP contribution >= 0.6 is 11.3 Å². The van der Waals surface area contributed by atoms with Gasteiger partial charge in [-0.25, -0.2) is 9.98 Å². The quantitative estimate of drug-likeness (QED) is 0.242. The Morgan fingerprint density at radius 3 is 2.39 bits per heavy atom. The third-order valence-electron chi connectivity index (χ3n) is 6.16. The van der Waals surface area contributed by atoms with Crippen LogP contribution in [0.5, 0.6) is 11.5 Å². The van der Waals surface area contributed by atoms with E-state index in [2.05, 4.69) is 52.4 Å². The lowest BCUT2D eigenvalue weighted by Gasteiger charge is -2.12. The molecule has 5 nitrogen and oxygen atoms in total. The Morgan fingerprint density at radius 2 is 1.56 bits per heavy atom. The standard InChI is InChI=1S/C30H23N3O2S/c1-34-22-13-8-12-21(18-22)33-26(20-10-4-3-5-11-20)19-36-30(33)32-28-23-14-6-7-16-25(23)31-29-24(28)15-9-17-27(29)35-2/h3-19H,1-2H3. The Hall–Kier alpha value is -4.42. The van der Waals surface area contributed by atoms with Gasteiger partial charge in [-0.1, -0.05) is 66.7 Å². The van der Waals surface area contributed by atoms with Crippen LogP contribution in [0.15, 0.2) is 107 Å². The molecule has 2 heterocycles. The number of rotatable bonds is 5. The van der Waals surface area contributed by atoms with Gasteiger partial charge in [0.05, 0.1) is 36.8 Å². The molecule has 0 bridgehead atoms. The van der Waals surface area contributed by atoms with Gasteiger partial charge >= 0.3 is 0 Å². The van der Waals surface area contributed by atoms with E-state index in [0.29, 0.717) is 0 Å². The summed E-state index contributed by atoms with van der Waals surface area (Å²) < 4.78 is 13.4. The molecule has 0 saturated heterocycles. The Labute approximate surface area is 212 Å². The highest BCUT2D eigenvalue weighted by Gasteiger charge is 2.15. The average molecular weight is 490 g/mol. The van der Waals surface area contributed by atoms with Crippen molar-refractivity contribution in [1.29, 1.82) is 0 Å². The van der Waals surface area contributed by atoms with Crippen LogP contribution in [-0.4, -0.2) is 23.8 Å². The van der Waals surface area contributed by atoms with Crippen LogP contribution in [0.2, 0.25) is 0 Å². The average Bonchev–Trinajstić information content (AvgIpc) is 3.36. The number of hydrogen-bond donors (Lipinski definition) is 0. The molecule has 36 heavy (non-hydrogen) atoms. The fourth-order valence-corrected chi connectivity index (χ4v) is 5.36. The lowest BCUT2D eigenvalue weighted by atomic mass is 10.1. The minimum absolute atomic E-state index is 0.728. The van der Waals surface area contributed by atoms with Crippen LogP contribution in [0.3, 0.4) is 0 Å². The SMILES string of the molecule is COc1cccc(-n2c(-c3ccccc3)csc2=Nc2c3ccccc3nc3c(OC)cccc23)c1. The summed E-state index contributed by atoms with van der Waals surface area (Å²) in [7, 11) is 3.36. The molecule has 0 amide bonds. The minimum atomic E-state index is 0.728. The third-order valence-corrected chi connectivity index (χ3v) is 6.99. The minimum Gasteiger partial charge on any atom is -0.497 e. The van der Waals surface area contributed by atoms with E-state index in [1.807, 2.05) is 54.6 Å². The molecule has 0 fully saturated rings. The summed E-state index contributed by atoms with van der Waals surface area (Å²) in [6.45, 7) is 0. The van der Waals surface area contributed by atoms with E-state index in [9.17, 15) is 0 Å². The number of ether oxygens (including phenoxy) is 2. The van der Waals surface area contributed by atoms with E-state index >= 15 is 0 Å². The van der Waals surface area contributed by atoms with Gasteiger partial charge in [0.2, 0.25) is 0 Å². The van der Waals surface area contributed by atoms with Gasteiger partial charge in [-0.05, 0) is 29.8 Å². The number of thiazole rings is 1. The van der Waals surface area contributed by atoms with Gasteiger partial charge in [0.25, 0.3) is 0 Å². The van der Waals surface area contributed by atoms with E-state index in [1.165, 1.54) is 0 Å². The third kappa shape index (κ3) is 3.82. The number of benzene rings is 4. The zero-order valence-electron chi connectivity index (χ0n) is 19.9. The summed E-state index contributed by atoms with van der Waals surface area (Å²) in [6.07, 6.45) is 0. The van der Waals surface area contributed by atoms with Gasteiger partial charge < -0.3 is 9.47 Å². The molecule has 0 unspecified atom stereocenters. The maximum atomic E-state index is 5.64. The molecule has 0 radical (unpaired) electrons. The molecule has 0 aliphatic rings. The molecule has 2 aromatic heterocycles. The molecule has 176 valence electrons. The molecule has 6 rings (SSSR count). The number of nitrogens with zero attached hydrogens (tertiary/aromatic N) is 3. The highest BCUT2D eigenvalue weighted by molar-refractivity contribution is 7.07. The van der Waals surface area contributed by atoms with Crippen molar-refractivity contribution < 1.29 is 9.47 Å². The second-order valence-electron chi connectivity index (χ2n) is 8.25. The fraction of sp³-hybridized carbons (Fsp3) is 0.0667. The Bertz CT molecular complexity index is 1770. The number of hydrogen-bond acceptors (Lipinski definition) is 5. The van der Waals surface area contributed by atoms with Crippen molar-refractivity contribution in [2.24, 2.45) is 4.99 Å². The summed E-state index contributed by atoms with van der Waals surface area (Å²) in [6, 6.07) is 32.5. The summed E-state index contributed by atoms with van der Waals surface area (Å²) in [5.74, 6) is 1.52. The summed E-state index contributed by atoms with van der Waals surface area (Å²) in [4.78, 5) is 11.0. The van der Waals surface area contributed by atoms with Crippen molar-refractivity contribution in [3.8, 4) is 28.4 Å². The van der Waals surface area contributed by atoms with Crippen LogP contribution < -0.4 is 14.3 Å². The largest absolute Gasteiger partial charge is 0.497 e. The number of para-hydroxylation sites is 2. The normalized spacial score (nSPS) is 11.8. The van der Waals surface area contributed by atoms with Crippen LogP contribution in [0.4, 0.5) is 5.69 Å². The zero-order valence-corrected chi connectivity index (χ0v) is 20.7. The Morgan fingerprint density at radius 1 is 0.778 bits per heavy atom. The van der Waals surface area contributed by atoms with Gasteiger partial charge in [0.1, 0.15) is 17.0 Å². The van der Waals surface area contributed by atoms with Crippen molar-refractivity contribution in [3.63, 3.8) is 0 Å². The lowest BCUT2D eigenvalue weighted by Crippen LogP contribution is -2.14. The van der Waals surface area contributed by atoms with Crippen molar-refractivity contribution in [2.75, 3.05) is 14.2 Å². The summed E-state index contributed by atoms with van der Waals surface area (Å²) in [5.41, 5.74) is 5.70. The van der Waals surface area contributed by atoms with Crippen LogP contribution in [-0.2, 0) is 0 Å². The monoisotopic (exact) mass is 489 g/mol. The predicted octanol–water partition coefficient (Wildman–Crippen LogP) is 7.16. The number of aromatic nitrogens is 2. The smallest absolute Gasteiger partial charge is 0.195 e. The molecule has 4 aromatic carbocycles. The van der Waals surface area contributed by atoms with E-state index in [1.54, 1.807) is 25.6 Å². The predicted molar refractivity (Wildman–Crippen MR) is 147 cm³/mol. The maximum Gasteiger partial charge on any atom is 0.195 e. The molecular formula is C30H23N3O2S. The second-order valence-corrected chi connectivity index (χ2v) is 9.09. The first-order valence-corrected chi connectivity index (χ1v) is 12.5. The molecule has 6 aromatic rings. The molecule has 0 atom stereocenters. The van der Waals surface area contributed by atoms with E-state index < -0.39 is 0 Å². The van der Waals surface area contributed by atoms with Gasteiger partial charge in [0, 0.05) is 22.2 Å². The van der Waals surface area contributed by atoms with Crippen LogP contribution in [0.25, 0.3) is 38.8 Å². The number of pyridine rings is 1. The Balaban J connectivity index is 1.71. The molecular weight excluding hydrogens is 466 g/mol. The molecule has 0 aliphatic carbocycles. The Kier molecular flexibility index (Phi) is 5.71. The molecule has 0 spiro atoms. The van der Waals surface area contributed by atoms with Crippen molar-refractivity contribution >= 4 is 38.8 Å². The fourth-order valence-electron chi connectivity index (χ4n) is 4.44. The number of methoxy groups -OCH3 is 2. The lowest BCUT2D eigenvalue weighted by molar-refractivity contribution is 0.414. The van der Waals surface area contributed by atoms with E-state index in [0.717, 1.165) is 60.7 Å². The molecule has 6 heteroatoms. The maximum absolute atomic E-state index is 5.64. The second kappa shape index (κ2) is 9.32. The van der Waals surface area contributed by atoms with Gasteiger partial charge in [-0.3, -0.25) is 4.57 Å². The van der Waals surface area contributed by atoms with E-state index in [-0.39, 0.29) is 0 Å². The van der Waals surface area contributed by atoms with Crippen LogP contribution in [0.1, 0.15) is 0 Å². The topological polar surface area (TPSA) is 48.6 Å². The first-order valence-electron chi connectivity index (χ1n) is 11.6. The van der Waals surface area contributed by atoms with Gasteiger partial charge in [0.15, 0.2) is 4.80 Å². The van der Waals surface area contributed by atoms with Gasteiger partial charge in [-0.2, -0.15) is 0 Å². The van der Waals surface area contributed by atoms with E-state index in [4.69, 9.17) is 19.5 Å². The van der Waals surface area contributed by atoms with Crippen molar-refractivity contribution in [1.82, 2.24) is 9.55 Å².